The Labute approximate surface area is 188 Å². The second-order valence-electron chi connectivity index (χ2n) is 8.79. The van der Waals surface area contributed by atoms with Crippen molar-refractivity contribution in [1.29, 1.82) is 0 Å². The summed E-state index contributed by atoms with van der Waals surface area (Å²) in [4.78, 5) is 8.84. The van der Waals surface area contributed by atoms with Crippen molar-refractivity contribution in [3.05, 3.63) is 42.2 Å². The predicted octanol–water partition coefficient (Wildman–Crippen LogP) is 7.98. The standard InChI is InChI=1S/C27H41FN2O/c1-4-6-7-8-9-10-11-12-23-13-15-24(16-14-23)27-29-20-26(21-30-27)31-18-17-25(28)19-22(3)5-2/h13-16,20-22,25H,4-12,17-19H2,1-3H3. The Morgan fingerprint density at radius 2 is 1.55 bits per heavy atom. The van der Waals surface area contributed by atoms with Crippen LogP contribution in [0.25, 0.3) is 11.4 Å². The predicted molar refractivity (Wildman–Crippen MR) is 128 cm³/mol. The number of hydrogen-bond donors (Lipinski definition) is 0. The minimum Gasteiger partial charge on any atom is -0.490 e. The van der Waals surface area contributed by atoms with Crippen molar-refractivity contribution in [3.8, 4) is 17.1 Å². The summed E-state index contributed by atoms with van der Waals surface area (Å²) in [7, 11) is 0. The molecule has 0 amide bonds. The Morgan fingerprint density at radius 3 is 2.19 bits per heavy atom. The molecule has 1 aromatic heterocycles. The normalized spacial score (nSPS) is 13.2. The van der Waals surface area contributed by atoms with Gasteiger partial charge in [0.05, 0.1) is 19.0 Å². The van der Waals surface area contributed by atoms with E-state index in [9.17, 15) is 4.39 Å². The smallest absolute Gasteiger partial charge is 0.159 e. The number of aromatic nitrogens is 2. The summed E-state index contributed by atoms with van der Waals surface area (Å²) in [6, 6.07) is 8.54. The SMILES string of the molecule is CCCCCCCCCc1ccc(-c2ncc(OCCC(F)CC(C)CC)cn2)cc1. The van der Waals surface area contributed by atoms with Gasteiger partial charge in [-0.15, -0.1) is 0 Å². The molecule has 4 heteroatoms. The van der Waals surface area contributed by atoms with Crippen LogP contribution in [0.1, 0.15) is 90.5 Å². The van der Waals surface area contributed by atoms with Gasteiger partial charge >= 0.3 is 0 Å². The zero-order chi connectivity index (χ0) is 22.3. The van der Waals surface area contributed by atoms with Crippen LogP contribution in [-0.4, -0.2) is 22.7 Å². The minimum absolute atomic E-state index is 0.355. The van der Waals surface area contributed by atoms with E-state index in [0.717, 1.165) is 18.4 Å². The van der Waals surface area contributed by atoms with Gasteiger partial charge in [0.25, 0.3) is 0 Å². The molecule has 0 N–H and O–H groups in total. The molecule has 2 aromatic rings. The van der Waals surface area contributed by atoms with Gasteiger partial charge in [-0.25, -0.2) is 14.4 Å². The van der Waals surface area contributed by atoms with Crippen LogP contribution in [0.4, 0.5) is 4.39 Å². The van der Waals surface area contributed by atoms with E-state index in [1.165, 1.54) is 50.5 Å². The van der Waals surface area contributed by atoms with Gasteiger partial charge < -0.3 is 4.74 Å². The van der Waals surface area contributed by atoms with Crippen molar-refractivity contribution < 1.29 is 9.13 Å². The molecule has 1 heterocycles. The second kappa shape index (κ2) is 14.9. The van der Waals surface area contributed by atoms with E-state index >= 15 is 0 Å². The number of nitrogens with zero attached hydrogens (tertiary/aromatic N) is 2. The van der Waals surface area contributed by atoms with Gasteiger partial charge in [0.15, 0.2) is 11.6 Å². The molecule has 31 heavy (non-hydrogen) atoms. The van der Waals surface area contributed by atoms with E-state index in [4.69, 9.17) is 4.74 Å². The zero-order valence-electron chi connectivity index (χ0n) is 19.8. The van der Waals surface area contributed by atoms with Crippen molar-refractivity contribution in [2.75, 3.05) is 6.61 Å². The van der Waals surface area contributed by atoms with E-state index in [1.54, 1.807) is 12.4 Å². The van der Waals surface area contributed by atoms with Gasteiger partial charge in [-0.2, -0.15) is 0 Å². The molecule has 1 aromatic carbocycles. The Bertz CT molecular complexity index is 702. The van der Waals surface area contributed by atoms with E-state index in [-0.39, 0.29) is 0 Å². The first-order chi connectivity index (χ1) is 15.1. The lowest BCUT2D eigenvalue weighted by Crippen LogP contribution is -2.11. The van der Waals surface area contributed by atoms with Gasteiger partial charge in [0.1, 0.15) is 6.17 Å². The second-order valence-corrected chi connectivity index (χ2v) is 8.79. The van der Waals surface area contributed by atoms with Crippen molar-refractivity contribution in [3.63, 3.8) is 0 Å². The Kier molecular flexibility index (Phi) is 12.2. The summed E-state index contributed by atoms with van der Waals surface area (Å²) in [6.07, 6.45) is 15.0. The molecule has 0 saturated heterocycles. The molecule has 2 unspecified atom stereocenters. The maximum Gasteiger partial charge on any atom is 0.159 e. The number of alkyl halides is 1. The molecule has 0 bridgehead atoms. The van der Waals surface area contributed by atoms with Crippen LogP contribution in [0.15, 0.2) is 36.7 Å². The van der Waals surface area contributed by atoms with E-state index in [1.807, 2.05) is 0 Å². The Balaban J connectivity index is 1.71. The monoisotopic (exact) mass is 428 g/mol. The van der Waals surface area contributed by atoms with E-state index < -0.39 is 6.17 Å². The number of aryl methyl sites for hydroxylation is 1. The summed E-state index contributed by atoms with van der Waals surface area (Å²) in [5, 5.41) is 0. The number of ether oxygens (including phenoxy) is 1. The number of unbranched alkanes of at least 4 members (excludes halogenated alkanes) is 6. The highest BCUT2D eigenvalue weighted by Gasteiger charge is 2.11. The molecule has 0 saturated carbocycles. The lowest BCUT2D eigenvalue weighted by atomic mass is 10.0. The third-order valence-corrected chi connectivity index (χ3v) is 5.96. The molecule has 0 radical (unpaired) electrons. The molecule has 0 aliphatic rings. The van der Waals surface area contributed by atoms with E-state index in [2.05, 4.69) is 55.0 Å². The number of rotatable bonds is 16. The summed E-state index contributed by atoms with van der Waals surface area (Å²) < 4.78 is 19.5. The van der Waals surface area contributed by atoms with Gasteiger partial charge in [-0.05, 0) is 30.7 Å². The maximum absolute atomic E-state index is 13.9. The van der Waals surface area contributed by atoms with Crippen LogP contribution >= 0.6 is 0 Å². The molecule has 0 fully saturated rings. The highest BCUT2D eigenvalue weighted by atomic mass is 19.1. The van der Waals surface area contributed by atoms with Gasteiger partial charge in [0, 0.05) is 12.0 Å². The molecular formula is C27H41FN2O. The van der Waals surface area contributed by atoms with Crippen LogP contribution in [0.5, 0.6) is 5.75 Å². The Hall–Kier alpha value is -1.97. The fourth-order valence-corrected chi connectivity index (χ4v) is 3.67. The van der Waals surface area contributed by atoms with Crippen LogP contribution in [0.3, 0.4) is 0 Å². The number of benzene rings is 1. The number of halogens is 1. The van der Waals surface area contributed by atoms with E-state index in [0.29, 0.717) is 36.9 Å². The Morgan fingerprint density at radius 1 is 0.903 bits per heavy atom. The van der Waals surface area contributed by atoms with Gasteiger partial charge in [-0.3, -0.25) is 0 Å². The first-order valence-electron chi connectivity index (χ1n) is 12.3. The first kappa shape index (κ1) is 25.3. The van der Waals surface area contributed by atoms with Crippen LogP contribution in [0.2, 0.25) is 0 Å². The first-order valence-corrected chi connectivity index (χ1v) is 12.3. The fourth-order valence-electron chi connectivity index (χ4n) is 3.67. The largest absolute Gasteiger partial charge is 0.490 e. The highest BCUT2D eigenvalue weighted by Crippen LogP contribution is 2.20. The van der Waals surface area contributed by atoms with Crippen molar-refractivity contribution in [2.24, 2.45) is 5.92 Å². The average molecular weight is 429 g/mol. The van der Waals surface area contributed by atoms with Crippen molar-refractivity contribution in [2.45, 2.75) is 97.6 Å². The van der Waals surface area contributed by atoms with Gasteiger partial charge in [-0.1, -0.05) is 90.0 Å². The summed E-state index contributed by atoms with van der Waals surface area (Å²) in [6.45, 7) is 6.79. The highest BCUT2D eigenvalue weighted by molar-refractivity contribution is 5.55. The zero-order valence-corrected chi connectivity index (χ0v) is 19.8. The third-order valence-electron chi connectivity index (χ3n) is 5.96. The minimum atomic E-state index is -0.810. The lowest BCUT2D eigenvalue weighted by molar-refractivity contribution is 0.206. The topological polar surface area (TPSA) is 35.0 Å². The average Bonchev–Trinajstić information content (AvgIpc) is 2.79. The molecular weight excluding hydrogens is 387 g/mol. The fraction of sp³-hybridized carbons (Fsp3) is 0.630. The van der Waals surface area contributed by atoms with Gasteiger partial charge in [0.2, 0.25) is 0 Å². The molecule has 2 rings (SSSR count). The molecule has 2 atom stereocenters. The van der Waals surface area contributed by atoms with Crippen LogP contribution in [-0.2, 0) is 6.42 Å². The summed E-state index contributed by atoms with van der Waals surface area (Å²) in [5.41, 5.74) is 2.38. The lowest BCUT2D eigenvalue weighted by Gasteiger charge is -2.13. The molecule has 0 aliphatic carbocycles. The van der Waals surface area contributed by atoms with Crippen LogP contribution in [0, 0.1) is 5.92 Å². The molecule has 0 spiro atoms. The molecule has 172 valence electrons. The maximum atomic E-state index is 13.9. The quantitative estimate of drug-likeness (QED) is 0.254. The van der Waals surface area contributed by atoms with Crippen LogP contribution < -0.4 is 4.74 Å². The molecule has 3 nitrogen and oxygen atoms in total. The summed E-state index contributed by atoms with van der Waals surface area (Å²) >= 11 is 0. The summed E-state index contributed by atoms with van der Waals surface area (Å²) in [5.74, 6) is 1.70. The van der Waals surface area contributed by atoms with Crippen molar-refractivity contribution in [1.82, 2.24) is 9.97 Å². The third kappa shape index (κ3) is 10.3. The van der Waals surface area contributed by atoms with Crippen molar-refractivity contribution >= 4 is 0 Å². The number of hydrogen-bond acceptors (Lipinski definition) is 3. The molecule has 0 aliphatic heterocycles.